The lowest BCUT2D eigenvalue weighted by atomic mass is 9.47. The van der Waals surface area contributed by atoms with Crippen LogP contribution in [0.25, 0.3) is 0 Å². The fourth-order valence-electron chi connectivity index (χ4n) is 5.27. The Morgan fingerprint density at radius 2 is 1.53 bits per heavy atom. The molecule has 4 fully saturated rings. The molecule has 4 saturated carbocycles. The molecular weight excluding hydrogens is 236 g/mol. The van der Waals surface area contributed by atoms with Gasteiger partial charge in [-0.2, -0.15) is 8.42 Å². The van der Waals surface area contributed by atoms with Gasteiger partial charge in [-0.25, -0.2) is 0 Å². The Morgan fingerprint density at radius 1 is 1.12 bits per heavy atom. The van der Waals surface area contributed by atoms with Crippen molar-refractivity contribution in [2.45, 2.75) is 45.4 Å². The van der Waals surface area contributed by atoms with Crippen LogP contribution in [0.2, 0.25) is 0 Å². The predicted molar refractivity (Wildman–Crippen MR) is 66.2 cm³/mol. The third-order valence-corrected chi connectivity index (χ3v) is 6.51. The van der Waals surface area contributed by atoms with Gasteiger partial charge in [0.05, 0.1) is 5.75 Å². The van der Waals surface area contributed by atoms with Crippen LogP contribution in [-0.4, -0.2) is 18.7 Å². The summed E-state index contributed by atoms with van der Waals surface area (Å²) in [5, 5.41) is 0. The zero-order valence-corrected chi connectivity index (χ0v) is 11.2. The molecule has 0 aromatic rings. The van der Waals surface area contributed by atoms with Crippen LogP contribution in [0.4, 0.5) is 0 Å². The molecule has 0 heterocycles. The fourth-order valence-corrected chi connectivity index (χ4v) is 6.26. The summed E-state index contributed by atoms with van der Waals surface area (Å²) in [5.41, 5.74) is 0.227. The summed E-state index contributed by atoms with van der Waals surface area (Å²) in [6, 6.07) is 0. The molecule has 0 aromatic heterocycles. The monoisotopic (exact) mass is 258 g/mol. The van der Waals surface area contributed by atoms with Crippen LogP contribution in [0.1, 0.15) is 45.4 Å². The van der Waals surface area contributed by atoms with Gasteiger partial charge in [0.15, 0.2) is 0 Å². The minimum absolute atomic E-state index is 0.0425. The standard InChI is InChI=1S/C13H22O3S/c1-9(8-17(14,15)16)13-5-10-2-11(6-13)4-12(3-10)7-13/h9-12H,2-8H2,1H3,(H,14,15,16). The van der Waals surface area contributed by atoms with Gasteiger partial charge >= 0.3 is 0 Å². The number of rotatable bonds is 3. The highest BCUT2D eigenvalue weighted by molar-refractivity contribution is 7.85. The van der Waals surface area contributed by atoms with Crippen LogP contribution in [0.5, 0.6) is 0 Å². The van der Waals surface area contributed by atoms with Crippen LogP contribution in [0.3, 0.4) is 0 Å². The maximum atomic E-state index is 11.1. The van der Waals surface area contributed by atoms with Crippen LogP contribution >= 0.6 is 0 Å². The first-order chi connectivity index (χ1) is 7.86. The minimum Gasteiger partial charge on any atom is -0.286 e. The Bertz CT molecular complexity index is 377. The molecule has 98 valence electrons. The molecule has 0 aliphatic heterocycles. The predicted octanol–water partition coefficient (Wildman–Crippen LogP) is 2.73. The van der Waals surface area contributed by atoms with E-state index >= 15 is 0 Å². The van der Waals surface area contributed by atoms with E-state index in [1.54, 1.807) is 0 Å². The van der Waals surface area contributed by atoms with Gasteiger partial charge < -0.3 is 0 Å². The average Bonchev–Trinajstić information content (AvgIpc) is 2.12. The Kier molecular flexibility index (Phi) is 2.61. The highest BCUT2D eigenvalue weighted by Gasteiger charge is 2.53. The third kappa shape index (κ3) is 2.14. The topological polar surface area (TPSA) is 54.4 Å². The third-order valence-electron chi connectivity index (χ3n) is 5.59. The van der Waals surface area contributed by atoms with Gasteiger partial charge in [0.1, 0.15) is 0 Å². The van der Waals surface area contributed by atoms with Crippen molar-refractivity contribution in [2.75, 3.05) is 5.75 Å². The van der Waals surface area contributed by atoms with E-state index in [9.17, 15) is 8.42 Å². The first-order valence-corrected chi connectivity index (χ1v) is 8.42. The summed E-state index contributed by atoms with van der Waals surface area (Å²) in [4.78, 5) is 0. The molecule has 4 bridgehead atoms. The van der Waals surface area contributed by atoms with Crippen molar-refractivity contribution in [2.24, 2.45) is 29.1 Å². The highest BCUT2D eigenvalue weighted by Crippen LogP contribution is 2.62. The molecule has 0 spiro atoms. The van der Waals surface area contributed by atoms with Crippen LogP contribution in [-0.2, 0) is 10.1 Å². The lowest BCUT2D eigenvalue weighted by molar-refractivity contribution is -0.0783. The van der Waals surface area contributed by atoms with Gasteiger partial charge in [0, 0.05) is 0 Å². The summed E-state index contributed by atoms with van der Waals surface area (Å²) < 4.78 is 31.2. The van der Waals surface area contributed by atoms with Crippen molar-refractivity contribution >= 4 is 10.1 Å². The molecule has 0 amide bonds. The number of hydrogen-bond acceptors (Lipinski definition) is 2. The molecule has 4 rings (SSSR count). The Morgan fingerprint density at radius 3 is 1.88 bits per heavy atom. The zero-order valence-electron chi connectivity index (χ0n) is 10.4. The lowest BCUT2D eigenvalue weighted by Crippen LogP contribution is -2.50. The van der Waals surface area contributed by atoms with E-state index in [0.29, 0.717) is 0 Å². The van der Waals surface area contributed by atoms with E-state index in [4.69, 9.17) is 4.55 Å². The Labute approximate surface area is 104 Å². The first-order valence-electron chi connectivity index (χ1n) is 6.81. The molecule has 1 N–H and O–H groups in total. The largest absolute Gasteiger partial charge is 0.286 e. The van der Waals surface area contributed by atoms with Crippen molar-refractivity contribution in [1.82, 2.24) is 0 Å². The van der Waals surface area contributed by atoms with Gasteiger partial charge in [0.25, 0.3) is 10.1 Å². The smallest absolute Gasteiger partial charge is 0.265 e. The SMILES string of the molecule is CC(CS(=O)(=O)O)C12CC3CC(CC(C3)C1)C2. The van der Waals surface area contributed by atoms with E-state index in [1.807, 2.05) is 6.92 Å². The van der Waals surface area contributed by atoms with Crippen molar-refractivity contribution < 1.29 is 13.0 Å². The molecule has 17 heavy (non-hydrogen) atoms. The summed E-state index contributed by atoms with van der Waals surface area (Å²) in [6.07, 6.45) is 7.73. The molecule has 0 saturated heterocycles. The molecule has 1 atom stereocenters. The normalized spacial score (nSPS) is 46.1. The van der Waals surface area contributed by atoms with Crippen LogP contribution < -0.4 is 0 Å². The second kappa shape index (κ2) is 3.70. The van der Waals surface area contributed by atoms with Crippen LogP contribution in [0, 0.1) is 29.1 Å². The Balaban J connectivity index is 1.82. The summed E-state index contributed by atoms with van der Waals surface area (Å²) in [6.45, 7) is 2.03. The minimum atomic E-state index is -3.82. The fraction of sp³-hybridized carbons (Fsp3) is 1.00. The van der Waals surface area contributed by atoms with E-state index in [-0.39, 0.29) is 17.1 Å². The molecular formula is C13H22O3S. The van der Waals surface area contributed by atoms with Crippen molar-refractivity contribution in [3.63, 3.8) is 0 Å². The molecule has 0 radical (unpaired) electrons. The van der Waals surface area contributed by atoms with Gasteiger partial charge in [0.2, 0.25) is 0 Å². The van der Waals surface area contributed by atoms with E-state index in [2.05, 4.69) is 0 Å². The van der Waals surface area contributed by atoms with E-state index in [1.165, 1.54) is 38.5 Å². The average molecular weight is 258 g/mol. The zero-order chi connectivity index (χ0) is 12.3. The van der Waals surface area contributed by atoms with Gasteiger partial charge in [-0.1, -0.05) is 6.92 Å². The molecule has 4 aliphatic rings. The summed E-state index contributed by atoms with van der Waals surface area (Å²) in [5.74, 6) is 2.59. The second-order valence-corrected chi connectivity index (χ2v) is 8.43. The van der Waals surface area contributed by atoms with Crippen LogP contribution in [0.15, 0.2) is 0 Å². The van der Waals surface area contributed by atoms with Crippen molar-refractivity contribution in [3.8, 4) is 0 Å². The maximum absolute atomic E-state index is 11.1. The molecule has 4 aliphatic carbocycles. The van der Waals surface area contributed by atoms with E-state index < -0.39 is 10.1 Å². The van der Waals surface area contributed by atoms with Gasteiger partial charge in [-0.15, -0.1) is 0 Å². The maximum Gasteiger partial charge on any atom is 0.265 e. The first kappa shape index (κ1) is 12.0. The van der Waals surface area contributed by atoms with Crippen molar-refractivity contribution in [1.29, 1.82) is 0 Å². The summed E-state index contributed by atoms with van der Waals surface area (Å²) in [7, 11) is -3.82. The molecule has 1 unspecified atom stereocenters. The Hall–Kier alpha value is -0.0900. The van der Waals surface area contributed by atoms with Gasteiger partial charge in [-0.05, 0) is 67.6 Å². The van der Waals surface area contributed by atoms with E-state index in [0.717, 1.165) is 17.8 Å². The highest BCUT2D eigenvalue weighted by atomic mass is 32.2. The molecule has 0 aromatic carbocycles. The second-order valence-electron chi connectivity index (χ2n) is 6.93. The molecule has 4 heteroatoms. The lowest BCUT2D eigenvalue weighted by Gasteiger charge is -2.59. The number of hydrogen-bond donors (Lipinski definition) is 1. The van der Waals surface area contributed by atoms with Crippen molar-refractivity contribution in [3.05, 3.63) is 0 Å². The molecule has 3 nitrogen and oxygen atoms in total. The summed E-state index contributed by atoms with van der Waals surface area (Å²) >= 11 is 0. The van der Waals surface area contributed by atoms with Gasteiger partial charge in [-0.3, -0.25) is 4.55 Å². The quantitative estimate of drug-likeness (QED) is 0.792.